The molecule has 1 aliphatic heterocycles. The molecule has 0 saturated carbocycles. The second-order valence-corrected chi connectivity index (χ2v) is 5.81. The molecule has 2 heterocycles. The van der Waals surface area contributed by atoms with Crippen LogP contribution < -0.4 is 0 Å². The smallest absolute Gasteiger partial charge is 0.246 e. The lowest BCUT2D eigenvalue weighted by Crippen LogP contribution is -2.47. The predicted molar refractivity (Wildman–Crippen MR) is 91.5 cm³/mol. The number of carbonyl (C=O) groups excluding carboxylic acids is 1. The van der Waals surface area contributed by atoms with Crippen LogP contribution in [0.25, 0.3) is 6.08 Å². The molecule has 1 aromatic heterocycles. The average Bonchev–Trinajstić information content (AvgIpc) is 2.62. The number of pyridine rings is 1. The Morgan fingerprint density at radius 2 is 1.83 bits per heavy atom. The maximum absolute atomic E-state index is 12.9. The maximum Gasteiger partial charge on any atom is 0.246 e. The monoisotopic (exact) mass is 325 g/mol. The number of benzene rings is 1. The summed E-state index contributed by atoms with van der Waals surface area (Å²) in [6.07, 6.45) is 5.08. The Morgan fingerprint density at radius 3 is 2.50 bits per heavy atom. The SMILES string of the molecule is O=C(/C=C/c1ccc(F)cc1)N1CCN(Cc2ccccn2)CC1. The minimum atomic E-state index is -0.275. The van der Waals surface area contributed by atoms with Crippen LogP contribution >= 0.6 is 0 Å². The zero-order chi connectivity index (χ0) is 16.8. The highest BCUT2D eigenvalue weighted by atomic mass is 19.1. The van der Waals surface area contributed by atoms with Crippen molar-refractivity contribution in [2.45, 2.75) is 6.54 Å². The van der Waals surface area contributed by atoms with E-state index in [0.29, 0.717) is 13.1 Å². The van der Waals surface area contributed by atoms with Crippen LogP contribution in [-0.4, -0.2) is 46.9 Å². The number of piperazine rings is 1. The van der Waals surface area contributed by atoms with E-state index in [4.69, 9.17) is 0 Å². The second kappa shape index (κ2) is 7.84. The first-order valence-corrected chi connectivity index (χ1v) is 8.05. The van der Waals surface area contributed by atoms with Gasteiger partial charge in [0.05, 0.1) is 5.69 Å². The Hall–Kier alpha value is -2.53. The van der Waals surface area contributed by atoms with Gasteiger partial charge in [-0.3, -0.25) is 14.7 Å². The van der Waals surface area contributed by atoms with Gasteiger partial charge >= 0.3 is 0 Å². The quantitative estimate of drug-likeness (QED) is 0.811. The average molecular weight is 325 g/mol. The third-order valence-electron chi connectivity index (χ3n) is 4.08. The van der Waals surface area contributed by atoms with Crippen molar-refractivity contribution in [2.75, 3.05) is 26.2 Å². The van der Waals surface area contributed by atoms with Gasteiger partial charge in [-0.1, -0.05) is 18.2 Å². The molecule has 0 N–H and O–H groups in total. The van der Waals surface area contributed by atoms with Crippen LogP contribution in [0.1, 0.15) is 11.3 Å². The lowest BCUT2D eigenvalue weighted by Gasteiger charge is -2.34. The molecule has 1 fully saturated rings. The molecule has 1 aliphatic rings. The van der Waals surface area contributed by atoms with Crippen LogP contribution in [0.5, 0.6) is 0 Å². The Balaban J connectivity index is 1.49. The van der Waals surface area contributed by atoms with E-state index in [1.807, 2.05) is 23.1 Å². The lowest BCUT2D eigenvalue weighted by molar-refractivity contribution is -0.127. The summed E-state index contributed by atoms with van der Waals surface area (Å²) < 4.78 is 12.9. The van der Waals surface area contributed by atoms with Gasteiger partial charge in [-0.15, -0.1) is 0 Å². The van der Waals surface area contributed by atoms with Gasteiger partial charge in [0, 0.05) is 45.0 Å². The highest BCUT2D eigenvalue weighted by Crippen LogP contribution is 2.09. The number of carbonyl (C=O) groups is 1. The van der Waals surface area contributed by atoms with E-state index < -0.39 is 0 Å². The van der Waals surface area contributed by atoms with Gasteiger partial charge in [0.15, 0.2) is 0 Å². The van der Waals surface area contributed by atoms with E-state index in [9.17, 15) is 9.18 Å². The summed E-state index contributed by atoms with van der Waals surface area (Å²) in [5, 5.41) is 0. The number of nitrogens with zero attached hydrogens (tertiary/aromatic N) is 3. The van der Waals surface area contributed by atoms with Crippen molar-refractivity contribution in [3.05, 3.63) is 71.8 Å². The van der Waals surface area contributed by atoms with Gasteiger partial charge in [0.25, 0.3) is 0 Å². The second-order valence-electron chi connectivity index (χ2n) is 5.81. The molecular weight excluding hydrogens is 305 g/mol. The van der Waals surface area contributed by atoms with E-state index in [2.05, 4.69) is 9.88 Å². The normalized spacial score (nSPS) is 15.8. The summed E-state index contributed by atoms with van der Waals surface area (Å²) in [6, 6.07) is 12.0. The van der Waals surface area contributed by atoms with Crippen molar-refractivity contribution in [2.24, 2.45) is 0 Å². The molecular formula is C19H20FN3O. The molecule has 0 spiro atoms. The number of halogens is 1. The highest BCUT2D eigenvalue weighted by Gasteiger charge is 2.19. The Kier molecular flexibility index (Phi) is 5.33. The fourth-order valence-corrected chi connectivity index (χ4v) is 2.69. The molecule has 4 nitrogen and oxygen atoms in total. The Morgan fingerprint density at radius 1 is 1.08 bits per heavy atom. The van der Waals surface area contributed by atoms with Gasteiger partial charge in [0.2, 0.25) is 5.91 Å². The molecule has 5 heteroatoms. The molecule has 124 valence electrons. The lowest BCUT2D eigenvalue weighted by atomic mass is 10.2. The standard InChI is InChI=1S/C19H20FN3O/c20-17-7-4-16(5-8-17)6-9-19(24)23-13-11-22(12-14-23)15-18-3-1-2-10-21-18/h1-10H,11-15H2/b9-6+. The molecule has 0 unspecified atom stereocenters. The first-order chi connectivity index (χ1) is 11.7. The summed E-state index contributed by atoms with van der Waals surface area (Å²) in [5.41, 5.74) is 1.87. The fraction of sp³-hybridized carbons (Fsp3) is 0.263. The summed E-state index contributed by atoms with van der Waals surface area (Å²) in [5.74, 6) is -0.278. The van der Waals surface area contributed by atoms with Crippen LogP contribution in [0, 0.1) is 5.82 Å². The van der Waals surface area contributed by atoms with E-state index in [1.54, 1.807) is 30.5 Å². The van der Waals surface area contributed by atoms with Crippen molar-refractivity contribution in [1.29, 1.82) is 0 Å². The summed E-state index contributed by atoms with van der Waals surface area (Å²) in [7, 11) is 0. The summed E-state index contributed by atoms with van der Waals surface area (Å²) in [4.78, 5) is 20.7. The van der Waals surface area contributed by atoms with Gasteiger partial charge in [-0.05, 0) is 35.9 Å². The highest BCUT2D eigenvalue weighted by molar-refractivity contribution is 5.91. The molecule has 0 bridgehead atoms. The van der Waals surface area contributed by atoms with Crippen LogP contribution in [-0.2, 0) is 11.3 Å². The Bertz CT molecular complexity index is 692. The van der Waals surface area contributed by atoms with Gasteiger partial charge in [-0.2, -0.15) is 0 Å². The van der Waals surface area contributed by atoms with Crippen molar-refractivity contribution < 1.29 is 9.18 Å². The van der Waals surface area contributed by atoms with Gasteiger partial charge < -0.3 is 4.90 Å². The third-order valence-corrected chi connectivity index (χ3v) is 4.08. The zero-order valence-corrected chi connectivity index (χ0v) is 13.4. The first kappa shape index (κ1) is 16.3. The van der Waals surface area contributed by atoms with E-state index >= 15 is 0 Å². The number of amides is 1. The first-order valence-electron chi connectivity index (χ1n) is 8.05. The zero-order valence-electron chi connectivity index (χ0n) is 13.4. The van der Waals surface area contributed by atoms with E-state index in [-0.39, 0.29) is 11.7 Å². The number of rotatable bonds is 4. The molecule has 1 saturated heterocycles. The molecule has 1 aromatic carbocycles. The van der Waals surface area contributed by atoms with Crippen LogP contribution in [0.15, 0.2) is 54.7 Å². The molecule has 0 radical (unpaired) electrons. The van der Waals surface area contributed by atoms with Gasteiger partial charge in [-0.25, -0.2) is 4.39 Å². The molecule has 1 amide bonds. The maximum atomic E-state index is 12.9. The summed E-state index contributed by atoms with van der Waals surface area (Å²) in [6.45, 7) is 3.91. The van der Waals surface area contributed by atoms with Gasteiger partial charge in [0.1, 0.15) is 5.82 Å². The topological polar surface area (TPSA) is 36.4 Å². The molecule has 24 heavy (non-hydrogen) atoms. The van der Waals surface area contributed by atoms with Crippen LogP contribution in [0.2, 0.25) is 0 Å². The molecule has 0 aliphatic carbocycles. The van der Waals surface area contributed by atoms with Crippen molar-refractivity contribution in [3.63, 3.8) is 0 Å². The van der Waals surface area contributed by atoms with Crippen molar-refractivity contribution in [1.82, 2.24) is 14.8 Å². The molecule has 3 rings (SSSR count). The fourth-order valence-electron chi connectivity index (χ4n) is 2.69. The largest absolute Gasteiger partial charge is 0.337 e. The minimum Gasteiger partial charge on any atom is -0.337 e. The summed E-state index contributed by atoms with van der Waals surface area (Å²) >= 11 is 0. The number of aromatic nitrogens is 1. The van der Waals surface area contributed by atoms with E-state index in [0.717, 1.165) is 30.9 Å². The number of hydrogen-bond acceptors (Lipinski definition) is 3. The van der Waals surface area contributed by atoms with Crippen molar-refractivity contribution in [3.8, 4) is 0 Å². The van der Waals surface area contributed by atoms with Crippen molar-refractivity contribution >= 4 is 12.0 Å². The molecule has 0 atom stereocenters. The minimum absolute atomic E-state index is 0.00295. The van der Waals surface area contributed by atoms with Crippen LogP contribution in [0.3, 0.4) is 0 Å². The molecule has 2 aromatic rings. The van der Waals surface area contributed by atoms with Crippen LogP contribution in [0.4, 0.5) is 4.39 Å². The third kappa shape index (κ3) is 4.49. The number of hydrogen-bond donors (Lipinski definition) is 0. The predicted octanol–water partition coefficient (Wildman–Crippen LogP) is 2.58. The Labute approximate surface area is 141 Å². The van der Waals surface area contributed by atoms with E-state index in [1.165, 1.54) is 12.1 Å².